The summed E-state index contributed by atoms with van der Waals surface area (Å²) in [5.74, 6) is 0.482. The van der Waals surface area contributed by atoms with Crippen molar-refractivity contribution < 1.29 is 0 Å². The lowest BCUT2D eigenvalue weighted by atomic mass is 9.94. The SMILES string of the molecule is Cc1cc(C2=NC=CC2)ncc1-c1cc2cc(N)ncc2c(Cl)c1C. The molecule has 4 nitrogen and oxygen atoms in total. The molecule has 1 aliphatic heterocycles. The zero-order chi connectivity index (χ0) is 17.6. The molecule has 2 N–H and O–H groups in total. The topological polar surface area (TPSA) is 64.2 Å². The molecule has 1 aromatic carbocycles. The largest absolute Gasteiger partial charge is 0.384 e. The highest BCUT2D eigenvalue weighted by atomic mass is 35.5. The minimum atomic E-state index is 0.482. The maximum atomic E-state index is 6.59. The van der Waals surface area contributed by atoms with E-state index in [4.69, 9.17) is 17.3 Å². The van der Waals surface area contributed by atoms with Crippen LogP contribution in [0.4, 0.5) is 5.82 Å². The first-order chi connectivity index (χ1) is 12.0. The predicted octanol–water partition coefficient (Wildman–Crippen LogP) is 4.86. The number of nitrogens with two attached hydrogens (primary N) is 1. The minimum absolute atomic E-state index is 0.482. The van der Waals surface area contributed by atoms with Gasteiger partial charge in [-0.15, -0.1) is 0 Å². The summed E-state index contributed by atoms with van der Waals surface area (Å²) in [6.45, 7) is 4.10. The van der Waals surface area contributed by atoms with Crippen LogP contribution in [0.5, 0.6) is 0 Å². The zero-order valence-electron chi connectivity index (χ0n) is 14.0. The summed E-state index contributed by atoms with van der Waals surface area (Å²) in [7, 11) is 0. The molecular formula is C20H17ClN4. The molecule has 0 amide bonds. The van der Waals surface area contributed by atoms with Gasteiger partial charge in [-0.1, -0.05) is 17.7 Å². The Labute approximate surface area is 151 Å². The van der Waals surface area contributed by atoms with Gasteiger partial charge >= 0.3 is 0 Å². The van der Waals surface area contributed by atoms with Crippen LogP contribution >= 0.6 is 11.6 Å². The summed E-state index contributed by atoms with van der Waals surface area (Å²) in [5.41, 5.74) is 12.0. The number of rotatable bonds is 2. The van der Waals surface area contributed by atoms with E-state index >= 15 is 0 Å². The van der Waals surface area contributed by atoms with Gasteiger partial charge in [0.25, 0.3) is 0 Å². The van der Waals surface area contributed by atoms with Crippen molar-refractivity contribution >= 4 is 33.9 Å². The number of nitrogens with zero attached hydrogens (tertiary/aromatic N) is 3. The third-order valence-corrected chi connectivity index (χ3v) is 5.06. The normalized spacial score (nSPS) is 13.5. The number of allylic oxidation sites excluding steroid dienone is 1. The molecule has 2 aromatic heterocycles. The molecule has 3 heterocycles. The van der Waals surface area contributed by atoms with E-state index in [9.17, 15) is 0 Å². The molecule has 4 rings (SSSR count). The number of nitrogen functional groups attached to an aromatic ring is 1. The van der Waals surface area contributed by atoms with Gasteiger partial charge in [-0.2, -0.15) is 0 Å². The number of aryl methyl sites for hydroxylation is 1. The first kappa shape index (κ1) is 15.8. The average Bonchev–Trinajstić information content (AvgIpc) is 3.13. The Bertz CT molecular complexity index is 1070. The Kier molecular flexibility index (Phi) is 3.77. The molecule has 0 atom stereocenters. The second-order valence-corrected chi connectivity index (χ2v) is 6.62. The highest BCUT2D eigenvalue weighted by molar-refractivity contribution is 6.36. The van der Waals surface area contributed by atoms with Gasteiger partial charge < -0.3 is 5.73 Å². The van der Waals surface area contributed by atoms with E-state index in [2.05, 4.69) is 34.0 Å². The van der Waals surface area contributed by atoms with E-state index in [0.717, 1.165) is 50.9 Å². The van der Waals surface area contributed by atoms with E-state index in [1.165, 1.54) is 0 Å². The molecule has 3 aromatic rings. The molecule has 5 heteroatoms. The molecule has 0 saturated heterocycles. The van der Waals surface area contributed by atoms with Crippen LogP contribution < -0.4 is 5.73 Å². The monoisotopic (exact) mass is 348 g/mol. The van der Waals surface area contributed by atoms with Gasteiger partial charge in [-0.3, -0.25) is 9.98 Å². The number of aromatic nitrogens is 2. The van der Waals surface area contributed by atoms with Crippen molar-refractivity contribution in [3.8, 4) is 11.1 Å². The fraction of sp³-hybridized carbons (Fsp3) is 0.150. The lowest BCUT2D eigenvalue weighted by Gasteiger charge is -2.14. The molecule has 1 aliphatic rings. The summed E-state index contributed by atoms with van der Waals surface area (Å²) in [6.07, 6.45) is 8.32. The Morgan fingerprint density at radius 1 is 1.04 bits per heavy atom. The molecule has 0 saturated carbocycles. The molecule has 25 heavy (non-hydrogen) atoms. The zero-order valence-corrected chi connectivity index (χ0v) is 14.8. The van der Waals surface area contributed by atoms with Crippen LogP contribution in [0, 0.1) is 13.8 Å². The highest BCUT2D eigenvalue weighted by Gasteiger charge is 2.15. The van der Waals surface area contributed by atoms with E-state index in [1.54, 1.807) is 6.20 Å². The summed E-state index contributed by atoms with van der Waals surface area (Å²) < 4.78 is 0. The summed E-state index contributed by atoms with van der Waals surface area (Å²) in [6, 6.07) is 6.03. The van der Waals surface area contributed by atoms with Crippen LogP contribution in [0.3, 0.4) is 0 Å². The molecule has 0 fully saturated rings. The smallest absolute Gasteiger partial charge is 0.123 e. The van der Waals surface area contributed by atoms with E-state index in [1.807, 2.05) is 31.5 Å². The van der Waals surface area contributed by atoms with Crippen LogP contribution in [0.15, 0.2) is 47.9 Å². The number of benzene rings is 1. The van der Waals surface area contributed by atoms with E-state index in [0.29, 0.717) is 10.8 Å². The fourth-order valence-corrected chi connectivity index (χ4v) is 3.44. The Hall–Kier alpha value is -2.72. The predicted molar refractivity (Wildman–Crippen MR) is 104 cm³/mol. The van der Waals surface area contributed by atoms with Gasteiger partial charge in [0.1, 0.15) is 5.82 Å². The quantitative estimate of drug-likeness (QED) is 0.719. The number of hydrogen-bond donors (Lipinski definition) is 1. The second kappa shape index (κ2) is 5.97. The Morgan fingerprint density at radius 3 is 2.60 bits per heavy atom. The maximum Gasteiger partial charge on any atom is 0.123 e. The van der Waals surface area contributed by atoms with Crippen LogP contribution in [-0.2, 0) is 0 Å². The van der Waals surface area contributed by atoms with Crippen molar-refractivity contribution in [1.82, 2.24) is 9.97 Å². The van der Waals surface area contributed by atoms with Crippen molar-refractivity contribution in [2.75, 3.05) is 5.73 Å². The summed E-state index contributed by atoms with van der Waals surface area (Å²) >= 11 is 6.59. The lowest BCUT2D eigenvalue weighted by molar-refractivity contribution is 1.24. The van der Waals surface area contributed by atoms with Crippen LogP contribution in [0.25, 0.3) is 21.9 Å². The Morgan fingerprint density at radius 2 is 1.88 bits per heavy atom. The van der Waals surface area contributed by atoms with Crippen molar-refractivity contribution in [3.05, 3.63) is 64.7 Å². The van der Waals surface area contributed by atoms with Crippen molar-refractivity contribution in [2.24, 2.45) is 4.99 Å². The number of pyridine rings is 2. The standard InChI is InChI=1S/C20H17ClN4/c1-11-6-18(17-4-3-5-23-17)24-9-15(11)14-7-13-8-19(22)25-10-16(13)20(21)12(14)2/h3,5-10H,4H2,1-2H3,(H2,22,25). The number of hydrogen-bond acceptors (Lipinski definition) is 4. The number of fused-ring (bicyclic) bond motifs is 1. The fourth-order valence-electron chi connectivity index (χ4n) is 3.18. The molecule has 0 aliphatic carbocycles. The maximum absolute atomic E-state index is 6.59. The number of halogens is 1. The molecular weight excluding hydrogens is 332 g/mol. The van der Waals surface area contributed by atoms with Crippen molar-refractivity contribution in [2.45, 2.75) is 20.3 Å². The highest BCUT2D eigenvalue weighted by Crippen LogP contribution is 2.36. The second-order valence-electron chi connectivity index (χ2n) is 6.24. The molecule has 124 valence electrons. The average molecular weight is 349 g/mol. The van der Waals surface area contributed by atoms with E-state index < -0.39 is 0 Å². The lowest BCUT2D eigenvalue weighted by Crippen LogP contribution is -2.02. The summed E-state index contributed by atoms with van der Waals surface area (Å²) in [4.78, 5) is 13.1. The first-order valence-corrected chi connectivity index (χ1v) is 8.46. The van der Waals surface area contributed by atoms with Gasteiger partial charge in [0.2, 0.25) is 0 Å². The van der Waals surface area contributed by atoms with Gasteiger partial charge in [-0.05, 0) is 54.1 Å². The third kappa shape index (κ3) is 2.68. The number of aliphatic imine (C=N–C) groups is 1. The molecule has 0 bridgehead atoms. The Balaban J connectivity index is 1.88. The van der Waals surface area contributed by atoms with E-state index in [-0.39, 0.29) is 0 Å². The van der Waals surface area contributed by atoms with Crippen LogP contribution in [0.2, 0.25) is 5.02 Å². The first-order valence-electron chi connectivity index (χ1n) is 8.08. The van der Waals surface area contributed by atoms with Gasteiger partial charge in [0.15, 0.2) is 0 Å². The third-order valence-electron chi connectivity index (χ3n) is 4.57. The number of anilines is 1. The van der Waals surface area contributed by atoms with Crippen LogP contribution in [0.1, 0.15) is 23.2 Å². The molecule has 0 radical (unpaired) electrons. The van der Waals surface area contributed by atoms with Crippen LogP contribution in [-0.4, -0.2) is 15.7 Å². The van der Waals surface area contributed by atoms with Gasteiger partial charge in [0, 0.05) is 36.0 Å². The van der Waals surface area contributed by atoms with Gasteiger partial charge in [-0.25, -0.2) is 4.98 Å². The molecule has 0 unspecified atom stereocenters. The minimum Gasteiger partial charge on any atom is -0.384 e. The molecule has 0 spiro atoms. The summed E-state index contributed by atoms with van der Waals surface area (Å²) in [5, 5.41) is 2.59. The van der Waals surface area contributed by atoms with Crippen molar-refractivity contribution in [3.63, 3.8) is 0 Å². The van der Waals surface area contributed by atoms with Crippen molar-refractivity contribution in [1.29, 1.82) is 0 Å². The van der Waals surface area contributed by atoms with Gasteiger partial charge in [0.05, 0.1) is 16.4 Å².